The number of nitriles is 1. The maximum Gasteiger partial charge on any atom is 0.267 e. The standard InChI is InChI=1S/C16H18N4O2S2/c1-5-19-14(21)12(15(22)20(6-2)16(19)23)8-18-13-11(7-17)9(3)10(4)24-13/h8,21H,5-6H2,1-4H3. The molecule has 0 fully saturated rings. The van der Waals surface area contributed by atoms with E-state index in [1.165, 1.54) is 26.7 Å². The molecule has 2 aromatic heterocycles. The molecule has 0 saturated carbocycles. The maximum absolute atomic E-state index is 12.5. The van der Waals surface area contributed by atoms with Gasteiger partial charge in [0.15, 0.2) is 4.77 Å². The van der Waals surface area contributed by atoms with E-state index in [9.17, 15) is 15.2 Å². The molecule has 0 aromatic carbocycles. The van der Waals surface area contributed by atoms with Crippen LogP contribution < -0.4 is 5.56 Å². The molecule has 0 aliphatic heterocycles. The second-order valence-corrected chi connectivity index (χ2v) is 6.72. The zero-order chi connectivity index (χ0) is 18.0. The smallest absolute Gasteiger partial charge is 0.267 e. The Morgan fingerprint density at radius 2 is 1.96 bits per heavy atom. The van der Waals surface area contributed by atoms with Gasteiger partial charge in [-0.15, -0.1) is 11.3 Å². The van der Waals surface area contributed by atoms with Gasteiger partial charge in [0.2, 0.25) is 5.88 Å². The molecule has 0 saturated heterocycles. The van der Waals surface area contributed by atoms with Crippen molar-refractivity contribution in [2.24, 2.45) is 4.99 Å². The van der Waals surface area contributed by atoms with E-state index >= 15 is 0 Å². The molecule has 8 heteroatoms. The molecule has 1 N–H and O–H groups in total. The largest absolute Gasteiger partial charge is 0.494 e. The molecule has 2 rings (SSSR count). The fourth-order valence-corrected chi connectivity index (χ4v) is 3.72. The highest BCUT2D eigenvalue weighted by atomic mass is 32.1. The van der Waals surface area contributed by atoms with Crippen LogP contribution in [0.25, 0.3) is 0 Å². The van der Waals surface area contributed by atoms with E-state index in [4.69, 9.17) is 12.2 Å². The number of aryl methyl sites for hydroxylation is 1. The first-order valence-electron chi connectivity index (χ1n) is 7.48. The summed E-state index contributed by atoms with van der Waals surface area (Å²) < 4.78 is 3.17. The lowest BCUT2D eigenvalue weighted by atomic mass is 10.2. The molecule has 0 bridgehead atoms. The van der Waals surface area contributed by atoms with Crippen LogP contribution in [-0.4, -0.2) is 20.5 Å². The summed E-state index contributed by atoms with van der Waals surface area (Å²) in [4.78, 5) is 17.8. The molecule has 0 spiro atoms. The van der Waals surface area contributed by atoms with Crippen LogP contribution in [0.3, 0.4) is 0 Å². The van der Waals surface area contributed by atoms with E-state index in [0.717, 1.165) is 10.4 Å². The van der Waals surface area contributed by atoms with Crippen LogP contribution in [-0.2, 0) is 13.1 Å². The Hall–Kier alpha value is -2.24. The number of hydrogen-bond donors (Lipinski definition) is 1. The Bertz CT molecular complexity index is 974. The number of rotatable bonds is 4. The highest BCUT2D eigenvalue weighted by molar-refractivity contribution is 7.71. The molecule has 126 valence electrons. The normalized spacial score (nSPS) is 11.1. The van der Waals surface area contributed by atoms with Crippen LogP contribution in [0.2, 0.25) is 0 Å². The van der Waals surface area contributed by atoms with Crippen molar-refractivity contribution in [3.8, 4) is 11.9 Å². The average Bonchev–Trinajstić information content (AvgIpc) is 2.82. The van der Waals surface area contributed by atoms with Crippen molar-refractivity contribution in [1.29, 1.82) is 5.26 Å². The fourth-order valence-electron chi connectivity index (χ4n) is 2.34. The third-order valence-electron chi connectivity index (χ3n) is 3.86. The summed E-state index contributed by atoms with van der Waals surface area (Å²) in [6.45, 7) is 8.27. The zero-order valence-electron chi connectivity index (χ0n) is 14.0. The topological polar surface area (TPSA) is 83.3 Å². The number of hydrogen-bond acceptors (Lipinski definition) is 6. The van der Waals surface area contributed by atoms with Crippen LogP contribution >= 0.6 is 23.6 Å². The van der Waals surface area contributed by atoms with Gasteiger partial charge in [0, 0.05) is 24.2 Å². The van der Waals surface area contributed by atoms with Gasteiger partial charge < -0.3 is 5.11 Å². The van der Waals surface area contributed by atoms with Gasteiger partial charge in [-0.1, -0.05) is 0 Å². The number of aromatic hydroxyl groups is 1. The Labute approximate surface area is 149 Å². The summed E-state index contributed by atoms with van der Waals surface area (Å²) in [6.07, 6.45) is 1.32. The minimum atomic E-state index is -0.392. The molecule has 2 aromatic rings. The van der Waals surface area contributed by atoms with Gasteiger partial charge in [-0.25, -0.2) is 4.99 Å². The lowest BCUT2D eigenvalue weighted by molar-refractivity contribution is 0.399. The highest BCUT2D eigenvalue weighted by Crippen LogP contribution is 2.34. The van der Waals surface area contributed by atoms with Crippen molar-refractivity contribution in [3.05, 3.63) is 36.7 Å². The van der Waals surface area contributed by atoms with E-state index in [1.807, 2.05) is 27.7 Å². The lowest BCUT2D eigenvalue weighted by Crippen LogP contribution is -2.27. The highest BCUT2D eigenvalue weighted by Gasteiger charge is 2.15. The van der Waals surface area contributed by atoms with E-state index < -0.39 is 5.56 Å². The Morgan fingerprint density at radius 1 is 1.33 bits per heavy atom. The minimum absolute atomic E-state index is 0.0693. The summed E-state index contributed by atoms with van der Waals surface area (Å²) in [5.41, 5.74) is 1.05. The predicted molar refractivity (Wildman–Crippen MR) is 98.3 cm³/mol. The maximum atomic E-state index is 12.5. The summed E-state index contributed by atoms with van der Waals surface area (Å²) in [5, 5.41) is 20.2. The number of nitrogens with zero attached hydrogens (tertiary/aromatic N) is 4. The first-order valence-corrected chi connectivity index (χ1v) is 8.70. The molecular weight excluding hydrogens is 344 g/mol. The van der Waals surface area contributed by atoms with Crippen molar-refractivity contribution in [3.63, 3.8) is 0 Å². The number of thiophene rings is 1. The molecule has 6 nitrogen and oxygen atoms in total. The second-order valence-electron chi connectivity index (χ2n) is 5.15. The van der Waals surface area contributed by atoms with Gasteiger partial charge in [-0.05, 0) is 45.5 Å². The van der Waals surface area contributed by atoms with Crippen molar-refractivity contribution >= 4 is 34.8 Å². The molecule has 0 aliphatic carbocycles. The molecule has 2 heterocycles. The van der Waals surface area contributed by atoms with Crippen LogP contribution in [0.1, 0.15) is 35.4 Å². The SMILES string of the molecule is CCn1c(O)c(C=Nc2sc(C)c(C)c2C#N)c(=O)n(CC)c1=S. The van der Waals surface area contributed by atoms with Crippen molar-refractivity contribution in [2.75, 3.05) is 0 Å². The van der Waals surface area contributed by atoms with Crippen LogP contribution in [0.15, 0.2) is 9.79 Å². The third-order valence-corrected chi connectivity index (χ3v) is 5.41. The van der Waals surface area contributed by atoms with E-state index in [2.05, 4.69) is 11.1 Å². The Balaban J connectivity index is 2.67. The monoisotopic (exact) mass is 362 g/mol. The van der Waals surface area contributed by atoms with E-state index in [1.54, 1.807) is 0 Å². The van der Waals surface area contributed by atoms with E-state index in [0.29, 0.717) is 23.7 Å². The van der Waals surface area contributed by atoms with Crippen LogP contribution in [0.5, 0.6) is 5.88 Å². The van der Waals surface area contributed by atoms with Crippen molar-refractivity contribution in [2.45, 2.75) is 40.8 Å². The number of aliphatic imine (C=N–C) groups is 1. The van der Waals surface area contributed by atoms with Gasteiger partial charge in [0.05, 0.1) is 5.56 Å². The fraction of sp³-hybridized carbons (Fsp3) is 0.375. The molecule has 0 aliphatic rings. The lowest BCUT2D eigenvalue weighted by Gasteiger charge is -2.13. The summed E-state index contributed by atoms with van der Waals surface area (Å²) >= 11 is 6.62. The van der Waals surface area contributed by atoms with E-state index in [-0.39, 0.29) is 16.2 Å². The minimum Gasteiger partial charge on any atom is -0.494 e. The van der Waals surface area contributed by atoms with Crippen LogP contribution in [0, 0.1) is 29.9 Å². The van der Waals surface area contributed by atoms with Crippen LogP contribution in [0.4, 0.5) is 5.00 Å². The third kappa shape index (κ3) is 2.92. The van der Waals surface area contributed by atoms with Crippen molar-refractivity contribution < 1.29 is 5.11 Å². The van der Waals surface area contributed by atoms with Gasteiger partial charge in [0.1, 0.15) is 16.6 Å². The van der Waals surface area contributed by atoms with Crippen molar-refractivity contribution in [1.82, 2.24) is 9.13 Å². The second kappa shape index (κ2) is 7.11. The molecular formula is C16H18N4O2S2. The summed E-state index contributed by atoms with van der Waals surface area (Å²) in [6, 6.07) is 2.13. The Morgan fingerprint density at radius 3 is 2.50 bits per heavy atom. The summed E-state index contributed by atoms with van der Waals surface area (Å²) in [5.74, 6) is -0.204. The molecule has 0 unspecified atom stereocenters. The van der Waals surface area contributed by atoms with Gasteiger partial charge in [0.25, 0.3) is 5.56 Å². The molecule has 0 atom stereocenters. The quantitative estimate of drug-likeness (QED) is 0.667. The summed E-state index contributed by atoms with van der Waals surface area (Å²) in [7, 11) is 0. The average molecular weight is 362 g/mol. The molecule has 0 amide bonds. The zero-order valence-corrected chi connectivity index (χ0v) is 15.6. The first-order chi connectivity index (χ1) is 11.4. The number of aromatic nitrogens is 2. The predicted octanol–water partition coefficient (Wildman–Crippen LogP) is 3.43. The Kier molecular flexibility index (Phi) is 5.36. The van der Waals surface area contributed by atoms with Gasteiger partial charge in [-0.3, -0.25) is 13.9 Å². The van der Waals surface area contributed by atoms with Gasteiger partial charge >= 0.3 is 0 Å². The van der Waals surface area contributed by atoms with Gasteiger partial charge in [-0.2, -0.15) is 5.26 Å². The molecule has 24 heavy (non-hydrogen) atoms. The first kappa shape index (κ1) is 18.1. The molecule has 0 radical (unpaired) electrons.